The van der Waals surface area contributed by atoms with Gasteiger partial charge in [0, 0.05) is 11.1 Å². The second kappa shape index (κ2) is 5.89. The highest BCUT2D eigenvalue weighted by Gasteiger charge is 2.07. The van der Waals surface area contributed by atoms with Crippen molar-refractivity contribution in [2.75, 3.05) is 7.05 Å². The summed E-state index contributed by atoms with van der Waals surface area (Å²) in [4.78, 5) is 1.51. The van der Waals surface area contributed by atoms with Crippen molar-refractivity contribution < 1.29 is 4.90 Å². The quantitative estimate of drug-likeness (QED) is 0.737. The van der Waals surface area contributed by atoms with Gasteiger partial charge in [-0.05, 0) is 10.8 Å². The van der Waals surface area contributed by atoms with E-state index in [1.165, 1.54) is 26.8 Å². The Morgan fingerprint density at radius 2 is 1.40 bits per heavy atom. The largest absolute Gasteiger partial charge is 0.330 e. The molecule has 0 spiro atoms. The average Bonchev–Trinajstić information content (AvgIpc) is 2.48. The summed E-state index contributed by atoms with van der Waals surface area (Å²) in [6, 6.07) is 25.9. The molecule has 1 N–H and O–H groups in total. The Labute approximate surface area is 120 Å². The summed E-state index contributed by atoms with van der Waals surface area (Å²) in [5, 5.41) is 2.71. The monoisotopic (exact) mass is 262 g/mol. The molecule has 0 heterocycles. The smallest absolute Gasteiger partial charge is 0.103 e. The van der Waals surface area contributed by atoms with E-state index < -0.39 is 0 Å². The van der Waals surface area contributed by atoms with E-state index in [9.17, 15) is 0 Å². The molecule has 3 rings (SSSR count). The van der Waals surface area contributed by atoms with Crippen LogP contribution in [0.25, 0.3) is 10.8 Å². The predicted octanol–water partition coefficient (Wildman–Crippen LogP) is 3.05. The highest BCUT2D eigenvalue weighted by atomic mass is 15.1. The van der Waals surface area contributed by atoms with Gasteiger partial charge in [0.1, 0.15) is 13.1 Å². The van der Waals surface area contributed by atoms with E-state index in [4.69, 9.17) is 0 Å². The summed E-state index contributed by atoms with van der Waals surface area (Å²) in [6.07, 6.45) is 0. The van der Waals surface area contributed by atoms with Crippen LogP contribution in [0.2, 0.25) is 0 Å². The van der Waals surface area contributed by atoms with Crippen LogP contribution in [-0.2, 0) is 13.1 Å². The van der Waals surface area contributed by atoms with Crippen LogP contribution in [0.5, 0.6) is 0 Å². The van der Waals surface area contributed by atoms with Crippen molar-refractivity contribution in [3.63, 3.8) is 0 Å². The maximum absolute atomic E-state index is 2.26. The molecular formula is C19H20N+. The normalized spacial score (nSPS) is 12.4. The van der Waals surface area contributed by atoms with Crippen LogP contribution >= 0.6 is 0 Å². The van der Waals surface area contributed by atoms with E-state index in [0.29, 0.717) is 0 Å². The number of quaternary nitrogens is 1. The Kier molecular flexibility index (Phi) is 3.80. The maximum atomic E-state index is 2.26. The molecule has 1 heteroatoms. The topological polar surface area (TPSA) is 4.44 Å². The summed E-state index contributed by atoms with van der Waals surface area (Å²) in [6.45, 7) is 2.11. The zero-order valence-electron chi connectivity index (χ0n) is 11.8. The summed E-state index contributed by atoms with van der Waals surface area (Å²) in [5.74, 6) is 0. The first-order valence-corrected chi connectivity index (χ1v) is 7.15. The summed E-state index contributed by atoms with van der Waals surface area (Å²) >= 11 is 0. The zero-order valence-corrected chi connectivity index (χ0v) is 11.8. The Balaban J connectivity index is 1.79. The molecule has 0 fully saturated rings. The first kappa shape index (κ1) is 12.9. The molecule has 0 aliphatic heterocycles. The van der Waals surface area contributed by atoms with Gasteiger partial charge in [-0.25, -0.2) is 0 Å². The van der Waals surface area contributed by atoms with Gasteiger partial charge >= 0.3 is 0 Å². The molecule has 0 saturated heterocycles. The van der Waals surface area contributed by atoms with Gasteiger partial charge in [-0.15, -0.1) is 0 Å². The minimum absolute atomic E-state index is 1.05. The molecule has 0 amide bonds. The summed E-state index contributed by atoms with van der Waals surface area (Å²) in [7, 11) is 2.26. The molecule has 0 saturated carbocycles. The van der Waals surface area contributed by atoms with E-state index in [1.807, 2.05) is 0 Å². The lowest BCUT2D eigenvalue weighted by Crippen LogP contribution is -3.06. The Morgan fingerprint density at radius 3 is 2.25 bits per heavy atom. The fourth-order valence-electron chi connectivity index (χ4n) is 2.78. The van der Waals surface area contributed by atoms with E-state index >= 15 is 0 Å². The number of hydrogen-bond acceptors (Lipinski definition) is 0. The average molecular weight is 262 g/mol. The first-order chi connectivity index (χ1) is 9.83. The van der Waals surface area contributed by atoms with Crippen molar-refractivity contribution in [1.29, 1.82) is 0 Å². The highest BCUT2D eigenvalue weighted by molar-refractivity contribution is 5.85. The molecule has 3 aromatic rings. The van der Waals surface area contributed by atoms with Crippen LogP contribution in [0.4, 0.5) is 0 Å². The van der Waals surface area contributed by atoms with Crippen LogP contribution in [-0.4, -0.2) is 7.05 Å². The molecule has 0 bridgehead atoms. The van der Waals surface area contributed by atoms with Crippen LogP contribution in [0.15, 0.2) is 72.8 Å². The van der Waals surface area contributed by atoms with Gasteiger partial charge in [0.15, 0.2) is 0 Å². The molecular weight excluding hydrogens is 242 g/mol. The van der Waals surface area contributed by atoms with Gasteiger partial charge in [0.25, 0.3) is 0 Å². The van der Waals surface area contributed by atoms with Crippen molar-refractivity contribution in [3.8, 4) is 0 Å². The molecule has 0 aliphatic carbocycles. The second-order valence-corrected chi connectivity index (χ2v) is 5.43. The Hall–Kier alpha value is -2.12. The molecule has 1 atom stereocenters. The van der Waals surface area contributed by atoms with E-state index in [1.54, 1.807) is 0 Å². The first-order valence-electron chi connectivity index (χ1n) is 7.15. The molecule has 0 radical (unpaired) electrons. The lowest BCUT2D eigenvalue weighted by atomic mass is 10.0. The van der Waals surface area contributed by atoms with Crippen molar-refractivity contribution >= 4 is 10.8 Å². The van der Waals surface area contributed by atoms with E-state index in [-0.39, 0.29) is 0 Å². The molecule has 1 nitrogen and oxygen atoms in total. The standard InChI is InChI=1S/C19H19N/c1-20(14-16-8-3-2-4-9-16)15-18-12-7-11-17-10-5-6-13-19(17)18/h2-13H,14-15H2,1H3/p+1. The minimum Gasteiger partial charge on any atom is -0.330 e. The van der Waals surface area contributed by atoms with Crippen LogP contribution in [0.3, 0.4) is 0 Å². The van der Waals surface area contributed by atoms with Crippen molar-refractivity contribution in [3.05, 3.63) is 83.9 Å². The van der Waals surface area contributed by atoms with Gasteiger partial charge in [-0.3, -0.25) is 0 Å². The maximum Gasteiger partial charge on any atom is 0.103 e. The Morgan fingerprint density at radius 1 is 0.700 bits per heavy atom. The third kappa shape index (κ3) is 2.89. The number of fused-ring (bicyclic) bond motifs is 1. The number of hydrogen-bond donors (Lipinski definition) is 1. The van der Waals surface area contributed by atoms with Crippen molar-refractivity contribution in [2.24, 2.45) is 0 Å². The molecule has 3 aromatic carbocycles. The summed E-state index contributed by atoms with van der Waals surface area (Å²) < 4.78 is 0. The molecule has 1 unspecified atom stereocenters. The van der Waals surface area contributed by atoms with Gasteiger partial charge in [-0.2, -0.15) is 0 Å². The lowest BCUT2D eigenvalue weighted by molar-refractivity contribution is -0.907. The van der Waals surface area contributed by atoms with E-state index in [0.717, 1.165) is 13.1 Å². The highest BCUT2D eigenvalue weighted by Crippen LogP contribution is 2.17. The number of nitrogens with one attached hydrogen (secondary N) is 1. The van der Waals surface area contributed by atoms with Crippen LogP contribution in [0, 0.1) is 0 Å². The second-order valence-electron chi connectivity index (χ2n) is 5.43. The molecule has 100 valence electrons. The molecule has 20 heavy (non-hydrogen) atoms. The van der Waals surface area contributed by atoms with Crippen LogP contribution < -0.4 is 4.90 Å². The van der Waals surface area contributed by atoms with Crippen molar-refractivity contribution in [1.82, 2.24) is 0 Å². The fraction of sp³-hybridized carbons (Fsp3) is 0.158. The lowest BCUT2D eigenvalue weighted by Gasteiger charge is -2.15. The zero-order chi connectivity index (χ0) is 13.8. The summed E-state index contributed by atoms with van der Waals surface area (Å²) in [5.41, 5.74) is 2.82. The number of rotatable bonds is 4. The third-order valence-corrected chi connectivity index (χ3v) is 3.72. The van der Waals surface area contributed by atoms with Gasteiger partial charge in [0.2, 0.25) is 0 Å². The third-order valence-electron chi connectivity index (χ3n) is 3.72. The van der Waals surface area contributed by atoms with Gasteiger partial charge in [-0.1, -0.05) is 72.8 Å². The SMILES string of the molecule is C[NH+](Cc1ccccc1)Cc1cccc2ccccc12. The number of benzene rings is 3. The van der Waals surface area contributed by atoms with Crippen LogP contribution in [0.1, 0.15) is 11.1 Å². The fourth-order valence-corrected chi connectivity index (χ4v) is 2.78. The van der Waals surface area contributed by atoms with E-state index in [2.05, 4.69) is 79.8 Å². The predicted molar refractivity (Wildman–Crippen MR) is 84.7 cm³/mol. The minimum atomic E-state index is 1.05. The molecule has 0 aromatic heterocycles. The Bertz CT molecular complexity index is 683. The van der Waals surface area contributed by atoms with Gasteiger partial charge < -0.3 is 4.90 Å². The molecule has 0 aliphatic rings. The van der Waals surface area contributed by atoms with Gasteiger partial charge in [0.05, 0.1) is 7.05 Å². The van der Waals surface area contributed by atoms with Crippen molar-refractivity contribution in [2.45, 2.75) is 13.1 Å².